The molecule has 1 saturated heterocycles. The van der Waals surface area contributed by atoms with Gasteiger partial charge in [0.15, 0.2) is 0 Å². The van der Waals surface area contributed by atoms with Crippen molar-refractivity contribution in [3.8, 4) is 6.07 Å². The summed E-state index contributed by atoms with van der Waals surface area (Å²) in [5.41, 5.74) is -0.748. The number of rotatable bonds is 10. The van der Waals surface area contributed by atoms with Gasteiger partial charge in [-0.15, -0.1) is 22.7 Å². The van der Waals surface area contributed by atoms with E-state index in [1.165, 1.54) is 17.5 Å². The summed E-state index contributed by atoms with van der Waals surface area (Å²) in [5.74, 6) is 0. The minimum atomic E-state index is -1.01. The van der Waals surface area contributed by atoms with Crippen molar-refractivity contribution in [1.82, 2.24) is 0 Å². The lowest BCUT2D eigenvalue weighted by Crippen LogP contribution is -2.49. The van der Waals surface area contributed by atoms with Crippen molar-refractivity contribution in [2.24, 2.45) is 0 Å². The van der Waals surface area contributed by atoms with E-state index in [1.54, 1.807) is 44.0 Å². The van der Waals surface area contributed by atoms with Crippen LogP contribution in [0.3, 0.4) is 0 Å². The topological polar surface area (TPSA) is 71.7 Å². The molecule has 1 aliphatic rings. The molecular weight excluding hydrogens is 512 g/mol. The van der Waals surface area contributed by atoms with Crippen LogP contribution in [0.2, 0.25) is 0 Å². The van der Waals surface area contributed by atoms with Crippen molar-refractivity contribution in [2.45, 2.75) is 117 Å². The number of unbranched alkanes of at least 4 members (excludes halogenated alkanes) is 3. The molecule has 0 unspecified atom stereocenters. The molecule has 3 heterocycles. The van der Waals surface area contributed by atoms with E-state index in [0.29, 0.717) is 0 Å². The number of nitrogens with zero attached hydrogens (tertiary/aromatic N) is 1. The van der Waals surface area contributed by atoms with Crippen molar-refractivity contribution in [2.75, 3.05) is 0 Å². The summed E-state index contributed by atoms with van der Waals surface area (Å²) in [6.45, 7) is 17.7. The van der Waals surface area contributed by atoms with Crippen LogP contribution in [0.5, 0.6) is 0 Å². The Morgan fingerprint density at radius 3 is 2.21 bits per heavy atom. The molecule has 0 amide bonds. The number of hydrogen-bond acceptors (Lipinski definition) is 7. The van der Waals surface area contributed by atoms with Gasteiger partial charge in [-0.25, -0.2) is 0 Å². The summed E-state index contributed by atoms with van der Waals surface area (Å²) in [6, 6.07) is 6.79. The van der Waals surface area contributed by atoms with Crippen molar-refractivity contribution in [3.63, 3.8) is 0 Å². The summed E-state index contributed by atoms with van der Waals surface area (Å²) >= 11 is 3.32. The van der Waals surface area contributed by atoms with E-state index >= 15 is 0 Å². The van der Waals surface area contributed by atoms with Gasteiger partial charge < -0.3 is 19.1 Å². The standard InChI is InChI=1S/C29H40B2NO4S2/c1-10-11-12-13-14-18-20-16-23(31-35-28(6,7)29(8,9)36-31)38-25(20)24-19(21(18)17-32)15-22(37-24)30-34-27(4,5)26(2,3)33/h15-16,33H,10-14H2,1-9H3. The Morgan fingerprint density at radius 2 is 1.63 bits per heavy atom. The zero-order valence-corrected chi connectivity index (χ0v) is 25.9. The predicted octanol–water partition coefficient (Wildman–Crippen LogP) is 6.22. The third-order valence-electron chi connectivity index (χ3n) is 8.43. The molecule has 5 nitrogen and oxygen atoms in total. The highest BCUT2D eigenvalue weighted by Crippen LogP contribution is 2.41. The van der Waals surface area contributed by atoms with Crippen molar-refractivity contribution in [1.29, 1.82) is 5.26 Å². The van der Waals surface area contributed by atoms with Gasteiger partial charge in [-0.3, -0.25) is 0 Å². The van der Waals surface area contributed by atoms with E-state index < -0.39 is 29.5 Å². The second-order valence-electron chi connectivity index (χ2n) is 12.5. The maximum Gasteiger partial charge on any atom is 0.505 e. The maximum atomic E-state index is 10.5. The van der Waals surface area contributed by atoms with E-state index in [9.17, 15) is 10.4 Å². The zero-order chi connectivity index (χ0) is 28.1. The normalized spacial score (nSPS) is 17.4. The van der Waals surface area contributed by atoms with Gasteiger partial charge in [-0.2, -0.15) is 5.26 Å². The number of nitriles is 1. The third-order valence-corrected chi connectivity index (χ3v) is 10.8. The Bertz CT molecular complexity index is 1350. The van der Waals surface area contributed by atoms with Crippen molar-refractivity contribution >= 4 is 67.0 Å². The first kappa shape index (κ1) is 29.6. The summed E-state index contributed by atoms with van der Waals surface area (Å²) in [6.07, 6.45) is 5.44. The molecule has 2 aromatic heterocycles. The second-order valence-corrected chi connectivity index (χ2v) is 14.6. The molecule has 4 rings (SSSR count). The Hall–Kier alpha value is -1.40. The molecule has 1 aliphatic heterocycles. The molecule has 0 spiro atoms. The lowest BCUT2D eigenvalue weighted by molar-refractivity contribution is -0.0892. The lowest BCUT2D eigenvalue weighted by atomic mass is 9.85. The van der Waals surface area contributed by atoms with E-state index in [4.69, 9.17) is 14.0 Å². The highest BCUT2D eigenvalue weighted by atomic mass is 32.1. The van der Waals surface area contributed by atoms with Gasteiger partial charge in [0, 0.05) is 14.9 Å². The third kappa shape index (κ3) is 5.46. The molecule has 38 heavy (non-hydrogen) atoms. The largest absolute Gasteiger partial charge is 0.505 e. The van der Waals surface area contributed by atoms with Crippen molar-refractivity contribution in [3.05, 3.63) is 23.3 Å². The van der Waals surface area contributed by atoms with E-state index in [0.717, 1.165) is 55.4 Å². The van der Waals surface area contributed by atoms with Gasteiger partial charge in [0.2, 0.25) is 0 Å². The van der Waals surface area contributed by atoms with Crippen LogP contribution in [0, 0.1) is 11.3 Å². The molecule has 203 valence electrons. The molecule has 0 atom stereocenters. The second kappa shape index (κ2) is 10.5. The van der Waals surface area contributed by atoms with Crippen LogP contribution in [0.25, 0.3) is 20.2 Å². The molecule has 0 saturated carbocycles. The number of benzene rings is 1. The summed E-state index contributed by atoms with van der Waals surface area (Å²) in [7, 11) is 1.28. The van der Waals surface area contributed by atoms with Gasteiger partial charge in [0.1, 0.15) is 6.07 Å². The summed E-state index contributed by atoms with van der Waals surface area (Å²) in [4.78, 5) is 0. The van der Waals surface area contributed by atoms with E-state index in [2.05, 4.69) is 52.8 Å². The smallest absolute Gasteiger partial charge is 0.426 e. The van der Waals surface area contributed by atoms with Crippen LogP contribution < -0.4 is 9.55 Å². The van der Waals surface area contributed by atoms with Crippen LogP contribution in [0.15, 0.2) is 12.1 Å². The molecule has 1 fully saturated rings. The summed E-state index contributed by atoms with van der Waals surface area (Å²) in [5, 5.41) is 23.0. The fourth-order valence-electron chi connectivity index (χ4n) is 4.46. The Kier molecular flexibility index (Phi) is 8.20. The minimum absolute atomic E-state index is 0.417. The first-order valence-corrected chi connectivity index (χ1v) is 15.3. The fourth-order valence-corrected chi connectivity index (χ4v) is 6.80. The first-order chi connectivity index (χ1) is 17.6. The minimum Gasteiger partial charge on any atom is -0.426 e. The van der Waals surface area contributed by atoms with Crippen LogP contribution in [-0.2, 0) is 20.4 Å². The van der Waals surface area contributed by atoms with Crippen LogP contribution in [-0.4, -0.2) is 42.1 Å². The number of aryl methyl sites for hydroxylation is 1. The maximum absolute atomic E-state index is 10.5. The molecule has 1 radical (unpaired) electrons. The molecule has 0 aliphatic carbocycles. The van der Waals surface area contributed by atoms with Crippen molar-refractivity contribution < 1.29 is 19.1 Å². The quantitative estimate of drug-likeness (QED) is 0.239. The number of thiophene rings is 2. The van der Waals surface area contributed by atoms with Gasteiger partial charge in [-0.05, 0) is 91.3 Å². The summed E-state index contributed by atoms with van der Waals surface area (Å²) < 4.78 is 23.0. The predicted molar refractivity (Wildman–Crippen MR) is 162 cm³/mol. The number of hydrogen-bond donors (Lipinski definition) is 1. The van der Waals surface area contributed by atoms with Gasteiger partial charge in [-0.1, -0.05) is 26.2 Å². The molecular formula is C29H40B2NO4S2. The molecule has 1 N–H and O–H groups in total. The first-order valence-electron chi connectivity index (χ1n) is 13.6. The molecule has 1 aromatic carbocycles. The monoisotopic (exact) mass is 552 g/mol. The molecule has 9 heteroatoms. The number of aliphatic hydroxyl groups is 1. The average molecular weight is 552 g/mol. The Labute approximate surface area is 236 Å². The fraction of sp³-hybridized carbons (Fsp3) is 0.621. The Morgan fingerprint density at radius 1 is 1.00 bits per heavy atom. The van der Waals surface area contributed by atoms with Crippen LogP contribution >= 0.6 is 22.7 Å². The van der Waals surface area contributed by atoms with E-state index in [1.807, 2.05) is 13.8 Å². The van der Waals surface area contributed by atoms with Crippen LogP contribution in [0.1, 0.15) is 99.1 Å². The number of fused-ring (bicyclic) bond motifs is 3. The van der Waals surface area contributed by atoms with E-state index in [-0.39, 0.29) is 0 Å². The zero-order valence-electron chi connectivity index (χ0n) is 24.3. The SMILES string of the molecule is CCCCCCc1c(C#N)c2cc([B]OC(C)(C)C(C)(C)O)sc2c2sc(B3OC(C)(C)C(C)(C)O3)cc12. The molecule has 0 bridgehead atoms. The van der Waals surface area contributed by atoms with Crippen LogP contribution in [0.4, 0.5) is 0 Å². The molecule has 3 aromatic rings. The van der Waals surface area contributed by atoms with Gasteiger partial charge >= 0.3 is 14.6 Å². The lowest BCUT2D eigenvalue weighted by Gasteiger charge is -2.37. The Balaban J connectivity index is 1.81. The highest BCUT2D eigenvalue weighted by molar-refractivity contribution is 7.34. The highest BCUT2D eigenvalue weighted by Gasteiger charge is 2.52. The average Bonchev–Trinajstić information content (AvgIpc) is 3.48. The van der Waals surface area contributed by atoms with Gasteiger partial charge in [0.25, 0.3) is 0 Å². The van der Waals surface area contributed by atoms with Gasteiger partial charge in [0.05, 0.1) is 37.4 Å².